The van der Waals surface area contributed by atoms with Gasteiger partial charge in [-0.15, -0.1) is 0 Å². The van der Waals surface area contributed by atoms with Gasteiger partial charge in [0, 0.05) is 27.7 Å². The Morgan fingerprint density at radius 2 is 1.67 bits per heavy atom. The summed E-state index contributed by atoms with van der Waals surface area (Å²) in [6.45, 7) is 4.35. The number of carbonyl (C=O) groups is 5. The minimum Gasteiger partial charge on any atom is -0.463 e. The summed E-state index contributed by atoms with van der Waals surface area (Å²) >= 11 is 0. The summed E-state index contributed by atoms with van der Waals surface area (Å²) in [6, 6.07) is 0. The third-order valence-corrected chi connectivity index (χ3v) is 3.94. The van der Waals surface area contributed by atoms with Gasteiger partial charge >= 0.3 is 17.9 Å². The van der Waals surface area contributed by atoms with Crippen LogP contribution in [0.15, 0.2) is 6.33 Å². The monoisotopic (exact) mass is 426 g/mol. The van der Waals surface area contributed by atoms with E-state index in [2.05, 4.69) is 10.3 Å². The molecule has 13 nitrogen and oxygen atoms in total. The number of esters is 3. The number of ether oxygens (including phenoxy) is 4. The lowest BCUT2D eigenvalue weighted by atomic mass is 10.1. The quantitative estimate of drug-likeness (QED) is 0.417. The average molecular weight is 426 g/mol. The molecule has 2 amide bonds. The van der Waals surface area contributed by atoms with Gasteiger partial charge in [0.05, 0.1) is 6.33 Å². The van der Waals surface area contributed by atoms with Crippen molar-refractivity contribution >= 4 is 35.5 Å². The Bertz CT molecular complexity index is 865. The second-order valence-electron chi connectivity index (χ2n) is 6.41. The van der Waals surface area contributed by atoms with Crippen LogP contribution in [0.5, 0.6) is 0 Å². The fraction of sp³-hybridized carbons (Fsp3) is 0.529. The van der Waals surface area contributed by atoms with Crippen molar-refractivity contribution < 1.29 is 42.9 Å². The zero-order chi connectivity index (χ0) is 22.6. The van der Waals surface area contributed by atoms with Crippen LogP contribution in [0.2, 0.25) is 0 Å². The van der Waals surface area contributed by atoms with E-state index in [1.54, 1.807) is 0 Å². The van der Waals surface area contributed by atoms with Crippen LogP contribution < -0.4 is 11.1 Å². The van der Waals surface area contributed by atoms with Crippen molar-refractivity contribution in [1.82, 2.24) is 9.55 Å². The molecule has 1 aliphatic rings. The molecular weight excluding hydrogens is 404 g/mol. The molecule has 2 rings (SSSR count). The number of anilines is 1. The van der Waals surface area contributed by atoms with Gasteiger partial charge in [-0.3, -0.25) is 28.5 Å². The van der Waals surface area contributed by atoms with Crippen molar-refractivity contribution in [3.05, 3.63) is 12.0 Å². The summed E-state index contributed by atoms with van der Waals surface area (Å²) in [5.41, 5.74) is 5.04. The number of hydrogen-bond donors (Lipinski definition) is 2. The largest absolute Gasteiger partial charge is 0.463 e. The molecule has 0 radical (unpaired) electrons. The van der Waals surface area contributed by atoms with Crippen LogP contribution in [0.4, 0.5) is 5.82 Å². The maximum absolute atomic E-state index is 11.7. The van der Waals surface area contributed by atoms with Gasteiger partial charge in [-0.2, -0.15) is 0 Å². The topological polar surface area (TPSA) is 178 Å². The van der Waals surface area contributed by atoms with E-state index in [1.165, 1.54) is 18.4 Å². The molecule has 4 atom stereocenters. The van der Waals surface area contributed by atoms with Crippen molar-refractivity contribution in [2.45, 2.75) is 52.2 Å². The molecule has 0 bridgehead atoms. The predicted molar refractivity (Wildman–Crippen MR) is 96.7 cm³/mol. The van der Waals surface area contributed by atoms with E-state index < -0.39 is 54.3 Å². The third-order valence-electron chi connectivity index (χ3n) is 3.94. The number of hydrogen-bond acceptors (Lipinski definition) is 10. The summed E-state index contributed by atoms with van der Waals surface area (Å²) < 4.78 is 22.5. The second-order valence-corrected chi connectivity index (χ2v) is 6.41. The number of imidazole rings is 1. The second kappa shape index (κ2) is 9.35. The minimum absolute atomic E-state index is 0.105. The molecule has 0 aromatic carbocycles. The molecule has 3 N–H and O–H groups in total. The highest BCUT2D eigenvalue weighted by Gasteiger charge is 2.51. The van der Waals surface area contributed by atoms with Crippen LogP contribution in [0.1, 0.15) is 44.4 Å². The maximum Gasteiger partial charge on any atom is 0.303 e. The molecule has 1 aromatic rings. The first kappa shape index (κ1) is 22.8. The van der Waals surface area contributed by atoms with Gasteiger partial charge in [-0.1, -0.05) is 0 Å². The molecule has 0 saturated carbocycles. The van der Waals surface area contributed by atoms with Gasteiger partial charge in [-0.05, 0) is 0 Å². The van der Waals surface area contributed by atoms with Crippen molar-refractivity contribution in [1.29, 1.82) is 0 Å². The fourth-order valence-electron chi connectivity index (χ4n) is 2.94. The summed E-state index contributed by atoms with van der Waals surface area (Å²) in [5, 5.41) is 2.42. The van der Waals surface area contributed by atoms with Gasteiger partial charge in [0.15, 0.2) is 24.1 Å². The molecule has 1 fully saturated rings. The lowest BCUT2D eigenvalue weighted by molar-refractivity contribution is -0.166. The SMILES string of the molecule is CC(=O)Nc1c(C(N)=O)ncn1C1OC(COC(C)=O)C(OC(C)=O)C1OC(C)=O. The molecule has 1 saturated heterocycles. The molecule has 30 heavy (non-hydrogen) atoms. The Morgan fingerprint density at radius 1 is 1.07 bits per heavy atom. The molecular formula is C17H22N4O9. The van der Waals surface area contributed by atoms with Crippen LogP contribution >= 0.6 is 0 Å². The Kier molecular flexibility index (Phi) is 7.10. The van der Waals surface area contributed by atoms with Gasteiger partial charge in [-0.25, -0.2) is 4.98 Å². The molecule has 0 spiro atoms. The molecule has 164 valence electrons. The van der Waals surface area contributed by atoms with Gasteiger partial charge < -0.3 is 30.0 Å². The van der Waals surface area contributed by atoms with E-state index in [9.17, 15) is 24.0 Å². The number of primary amides is 1. The van der Waals surface area contributed by atoms with Crippen LogP contribution in [0.3, 0.4) is 0 Å². The average Bonchev–Trinajstić information content (AvgIpc) is 3.14. The molecule has 1 aliphatic heterocycles. The number of rotatable bonds is 7. The number of carbonyl (C=O) groups excluding carboxylic acids is 5. The first-order valence-electron chi connectivity index (χ1n) is 8.78. The number of nitrogens with two attached hydrogens (primary N) is 1. The van der Waals surface area contributed by atoms with Crippen molar-refractivity contribution in [2.75, 3.05) is 11.9 Å². The number of nitrogens with zero attached hydrogens (tertiary/aromatic N) is 2. The van der Waals surface area contributed by atoms with Crippen LogP contribution in [-0.2, 0) is 38.1 Å². The summed E-state index contributed by atoms with van der Waals surface area (Å²) in [5.74, 6) is -3.58. The zero-order valence-corrected chi connectivity index (χ0v) is 16.7. The smallest absolute Gasteiger partial charge is 0.303 e. The first-order valence-corrected chi connectivity index (χ1v) is 8.78. The molecule has 4 unspecified atom stereocenters. The summed E-state index contributed by atoms with van der Waals surface area (Å²) in [4.78, 5) is 61.7. The van der Waals surface area contributed by atoms with E-state index in [1.807, 2.05) is 0 Å². The Balaban J connectivity index is 2.51. The Hall–Kier alpha value is -3.48. The van der Waals surface area contributed by atoms with Crippen LogP contribution in [0.25, 0.3) is 0 Å². The van der Waals surface area contributed by atoms with Crippen molar-refractivity contribution in [2.24, 2.45) is 5.73 Å². The normalized spacial score (nSPS) is 22.8. The third kappa shape index (κ3) is 5.31. The van der Waals surface area contributed by atoms with E-state index >= 15 is 0 Å². The highest BCUT2D eigenvalue weighted by atomic mass is 16.7. The zero-order valence-electron chi connectivity index (χ0n) is 16.7. The van der Waals surface area contributed by atoms with Gasteiger partial charge in [0.2, 0.25) is 5.91 Å². The lowest BCUT2D eigenvalue weighted by Gasteiger charge is -2.24. The van der Waals surface area contributed by atoms with E-state index in [-0.39, 0.29) is 18.1 Å². The predicted octanol–water partition coefficient (Wildman–Crippen LogP) is -0.736. The molecule has 1 aromatic heterocycles. The van der Waals surface area contributed by atoms with Crippen molar-refractivity contribution in [3.8, 4) is 0 Å². The number of aromatic nitrogens is 2. The summed E-state index contributed by atoms with van der Waals surface area (Å²) in [7, 11) is 0. The van der Waals surface area contributed by atoms with E-state index in [0.29, 0.717) is 0 Å². The van der Waals surface area contributed by atoms with E-state index in [4.69, 9.17) is 24.7 Å². The lowest BCUT2D eigenvalue weighted by Crippen LogP contribution is -2.40. The molecule has 0 aliphatic carbocycles. The Morgan fingerprint density at radius 3 is 2.17 bits per heavy atom. The highest BCUT2D eigenvalue weighted by Crippen LogP contribution is 2.36. The minimum atomic E-state index is -1.21. The van der Waals surface area contributed by atoms with Gasteiger partial charge in [0.25, 0.3) is 5.91 Å². The molecule has 2 heterocycles. The maximum atomic E-state index is 11.7. The standard InChI is InChI=1S/C17H22N4O9/c1-7(22)20-16-12(15(18)26)19-6-21(16)17-14(29-10(4)25)13(28-9(3)24)11(30-17)5-27-8(2)23/h6,11,13-14,17H,5H2,1-4H3,(H2,18,26)(H,20,22). The number of nitrogens with one attached hydrogen (secondary N) is 1. The fourth-order valence-corrected chi connectivity index (χ4v) is 2.94. The Labute approximate surface area is 170 Å². The van der Waals surface area contributed by atoms with Crippen molar-refractivity contribution in [3.63, 3.8) is 0 Å². The van der Waals surface area contributed by atoms with Crippen LogP contribution in [-0.4, -0.2) is 64.2 Å². The first-order chi connectivity index (χ1) is 14.0. The summed E-state index contributed by atoms with van der Waals surface area (Å²) in [6.07, 6.45) is -3.43. The van der Waals surface area contributed by atoms with Gasteiger partial charge in [0.1, 0.15) is 18.5 Å². The number of amides is 2. The highest BCUT2D eigenvalue weighted by molar-refractivity contribution is 6.00. The van der Waals surface area contributed by atoms with Crippen LogP contribution in [0, 0.1) is 0 Å². The van der Waals surface area contributed by atoms with E-state index in [0.717, 1.165) is 20.2 Å². The molecule has 13 heteroatoms.